The van der Waals surface area contributed by atoms with Crippen molar-refractivity contribution in [1.82, 2.24) is 9.71 Å². The van der Waals surface area contributed by atoms with E-state index in [1.807, 2.05) is 6.92 Å². The van der Waals surface area contributed by atoms with Gasteiger partial charge in [-0.05, 0) is 45.2 Å². The standard InChI is InChI=1S/C12H19N3O2S/c1-8(2)15-18(16,17)11-6-9(3)12(13-7-11)14-10-4-5-10/h6-8,10,15H,4-5H2,1-3H3,(H,13,14). The van der Waals surface area contributed by atoms with Crippen LogP contribution >= 0.6 is 0 Å². The summed E-state index contributed by atoms with van der Waals surface area (Å²) in [6, 6.07) is 2.04. The van der Waals surface area contributed by atoms with Gasteiger partial charge in [0.15, 0.2) is 0 Å². The number of nitrogens with zero attached hydrogens (tertiary/aromatic N) is 1. The van der Waals surface area contributed by atoms with Crippen molar-refractivity contribution in [3.05, 3.63) is 17.8 Å². The lowest BCUT2D eigenvalue weighted by atomic mass is 10.3. The lowest BCUT2D eigenvalue weighted by Gasteiger charge is -2.12. The lowest BCUT2D eigenvalue weighted by molar-refractivity contribution is 0.569. The molecule has 1 aliphatic carbocycles. The van der Waals surface area contributed by atoms with Gasteiger partial charge in [0.2, 0.25) is 10.0 Å². The van der Waals surface area contributed by atoms with Gasteiger partial charge in [0.25, 0.3) is 0 Å². The van der Waals surface area contributed by atoms with Crippen molar-refractivity contribution < 1.29 is 8.42 Å². The van der Waals surface area contributed by atoms with Crippen molar-refractivity contribution >= 4 is 15.8 Å². The lowest BCUT2D eigenvalue weighted by Crippen LogP contribution is -2.30. The van der Waals surface area contributed by atoms with Crippen LogP contribution in [0.4, 0.5) is 5.82 Å². The minimum atomic E-state index is -3.45. The summed E-state index contributed by atoms with van der Waals surface area (Å²) < 4.78 is 26.5. The molecule has 0 spiro atoms. The van der Waals surface area contributed by atoms with Crippen molar-refractivity contribution in [1.29, 1.82) is 0 Å². The van der Waals surface area contributed by atoms with E-state index in [1.54, 1.807) is 19.9 Å². The number of aromatic nitrogens is 1. The van der Waals surface area contributed by atoms with Gasteiger partial charge in [-0.15, -0.1) is 0 Å². The van der Waals surface area contributed by atoms with E-state index in [-0.39, 0.29) is 10.9 Å². The summed E-state index contributed by atoms with van der Waals surface area (Å²) in [7, 11) is -3.45. The highest BCUT2D eigenvalue weighted by molar-refractivity contribution is 7.89. The molecule has 0 saturated heterocycles. The number of aryl methyl sites for hydroxylation is 1. The monoisotopic (exact) mass is 269 g/mol. The van der Waals surface area contributed by atoms with Crippen LogP contribution in [0.15, 0.2) is 17.2 Å². The predicted molar refractivity (Wildman–Crippen MR) is 71.1 cm³/mol. The molecular weight excluding hydrogens is 250 g/mol. The van der Waals surface area contributed by atoms with Crippen LogP contribution < -0.4 is 10.0 Å². The third-order valence-corrected chi connectivity index (χ3v) is 4.30. The average molecular weight is 269 g/mol. The number of sulfonamides is 1. The van der Waals surface area contributed by atoms with Gasteiger partial charge >= 0.3 is 0 Å². The maximum absolute atomic E-state index is 12.0. The third-order valence-electron chi connectivity index (χ3n) is 2.67. The molecule has 1 aromatic heterocycles. The SMILES string of the molecule is Cc1cc(S(=O)(=O)NC(C)C)cnc1NC1CC1. The molecule has 1 aromatic rings. The Kier molecular flexibility index (Phi) is 3.59. The van der Waals surface area contributed by atoms with Crippen LogP contribution in [0, 0.1) is 6.92 Å². The summed E-state index contributed by atoms with van der Waals surface area (Å²) in [5.74, 6) is 0.779. The molecule has 0 aliphatic heterocycles. The van der Waals surface area contributed by atoms with Crippen LogP contribution in [0.25, 0.3) is 0 Å². The maximum Gasteiger partial charge on any atom is 0.242 e. The molecule has 2 rings (SSSR count). The van der Waals surface area contributed by atoms with Crippen LogP contribution in [-0.4, -0.2) is 25.5 Å². The molecular formula is C12H19N3O2S. The Morgan fingerprint density at radius 1 is 1.39 bits per heavy atom. The molecule has 0 aromatic carbocycles. The summed E-state index contributed by atoms with van der Waals surface area (Å²) in [5.41, 5.74) is 0.855. The molecule has 6 heteroatoms. The Hall–Kier alpha value is -1.14. The van der Waals surface area contributed by atoms with E-state index in [1.165, 1.54) is 6.20 Å². The molecule has 2 N–H and O–H groups in total. The highest BCUT2D eigenvalue weighted by atomic mass is 32.2. The first-order valence-electron chi connectivity index (χ1n) is 6.14. The predicted octanol–water partition coefficient (Wildman–Crippen LogP) is 1.65. The first-order valence-corrected chi connectivity index (χ1v) is 7.62. The number of nitrogens with one attached hydrogen (secondary N) is 2. The van der Waals surface area contributed by atoms with Crippen LogP contribution in [-0.2, 0) is 10.0 Å². The molecule has 1 heterocycles. The second-order valence-electron chi connectivity index (χ2n) is 5.03. The Labute approximate surface area is 108 Å². The summed E-state index contributed by atoms with van der Waals surface area (Å²) in [5, 5.41) is 3.28. The van der Waals surface area contributed by atoms with Gasteiger partial charge in [0.1, 0.15) is 10.7 Å². The minimum absolute atomic E-state index is 0.125. The van der Waals surface area contributed by atoms with Crippen molar-refractivity contribution in [3.63, 3.8) is 0 Å². The first-order chi connectivity index (χ1) is 8.38. The van der Waals surface area contributed by atoms with Crippen LogP contribution in [0.2, 0.25) is 0 Å². The first kappa shape index (κ1) is 13.3. The number of hydrogen-bond donors (Lipinski definition) is 2. The van der Waals surface area contributed by atoms with Gasteiger partial charge in [-0.2, -0.15) is 0 Å². The molecule has 0 atom stereocenters. The molecule has 1 saturated carbocycles. The largest absolute Gasteiger partial charge is 0.367 e. The molecule has 1 aliphatic rings. The van der Waals surface area contributed by atoms with Crippen LogP contribution in [0.1, 0.15) is 32.3 Å². The van der Waals surface area contributed by atoms with E-state index in [9.17, 15) is 8.42 Å². The second-order valence-corrected chi connectivity index (χ2v) is 6.75. The summed E-state index contributed by atoms with van der Waals surface area (Å²) >= 11 is 0. The highest BCUT2D eigenvalue weighted by Gasteiger charge is 2.23. The number of hydrogen-bond acceptors (Lipinski definition) is 4. The average Bonchev–Trinajstić information content (AvgIpc) is 3.02. The summed E-state index contributed by atoms with van der Waals surface area (Å²) in [4.78, 5) is 4.42. The Morgan fingerprint density at radius 3 is 2.56 bits per heavy atom. The molecule has 0 unspecified atom stereocenters. The van der Waals surface area contributed by atoms with Crippen molar-refractivity contribution in [2.45, 2.75) is 50.6 Å². The molecule has 5 nitrogen and oxygen atoms in total. The fraction of sp³-hybridized carbons (Fsp3) is 0.583. The van der Waals surface area contributed by atoms with Gasteiger partial charge < -0.3 is 5.32 Å². The quantitative estimate of drug-likeness (QED) is 0.852. The van der Waals surface area contributed by atoms with E-state index in [4.69, 9.17) is 0 Å². The molecule has 1 fully saturated rings. The molecule has 100 valence electrons. The Bertz CT molecular complexity index is 536. The summed E-state index contributed by atoms with van der Waals surface area (Å²) in [6.07, 6.45) is 3.73. The molecule has 18 heavy (non-hydrogen) atoms. The van der Waals surface area contributed by atoms with E-state index in [0.29, 0.717) is 6.04 Å². The Morgan fingerprint density at radius 2 is 2.06 bits per heavy atom. The van der Waals surface area contributed by atoms with E-state index >= 15 is 0 Å². The topological polar surface area (TPSA) is 71.1 Å². The fourth-order valence-electron chi connectivity index (χ4n) is 1.65. The molecule has 0 amide bonds. The van der Waals surface area contributed by atoms with Gasteiger partial charge in [-0.25, -0.2) is 18.1 Å². The van der Waals surface area contributed by atoms with Gasteiger partial charge in [-0.1, -0.05) is 0 Å². The van der Waals surface area contributed by atoms with E-state index in [0.717, 1.165) is 24.2 Å². The van der Waals surface area contributed by atoms with Crippen LogP contribution in [0.3, 0.4) is 0 Å². The maximum atomic E-state index is 12.0. The fourth-order valence-corrected chi connectivity index (χ4v) is 2.93. The number of pyridine rings is 1. The zero-order valence-electron chi connectivity index (χ0n) is 10.9. The second kappa shape index (κ2) is 4.85. The zero-order chi connectivity index (χ0) is 13.3. The molecule has 0 radical (unpaired) electrons. The zero-order valence-corrected chi connectivity index (χ0v) is 11.7. The van der Waals surface area contributed by atoms with Crippen molar-refractivity contribution in [3.8, 4) is 0 Å². The van der Waals surface area contributed by atoms with E-state index < -0.39 is 10.0 Å². The van der Waals surface area contributed by atoms with Gasteiger partial charge in [-0.3, -0.25) is 0 Å². The number of anilines is 1. The van der Waals surface area contributed by atoms with Crippen LogP contribution in [0.5, 0.6) is 0 Å². The summed E-state index contributed by atoms with van der Waals surface area (Å²) in [6.45, 7) is 5.45. The van der Waals surface area contributed by atoms with E-state index in [2.05, 4.69) is 15.0 Å². The van der Waals surface area contributed by atoms with Crippen molar-refractivity contribution in [2.75, 3.05) is 5.32 Å². The molecule has 0 bridgehead atoms. The normalized spacial score (nSPS) is 16.0. The number of rotatable bonds is 5. The third kappa shape index (κ3) is 3.20. The van der Waals surface area contributed by atoms with Gasteiger partial charge in [0.05, 0.1) is 0 Å². The van der Waals surface area contributed by atoms with Gasteiger partial charge in [0, 0.05) is 18.3 Å². The smallest absolute Gasteiger partial charge is 0.242 e. The highest BCUT2D eigenvalue weighted by Crippen LogP contribution is 2.26. The van der Waals surface area contributed by atoms with Crippen molar-refractivity contribution in [2.24, 2.45) is 0 Å². The minimum Gasteiger partial charge on any atom is -0.367 e. The Balaban J connectivity index is 2.22.